The molecule has 0 unspecified atom stereocenters. The Morgan fingerprint density at radius 3 is 2.33 bits per heavy atom. The monoisotopic (exact) mass is 594 g/mol. The molecule has 2 aromatic rings. The molecule has 3 heterocycles. The highest BCUT2D eigenvalue weighted by Crippen LogP contribution is 2.37. The van der Waals surface area contributed by atoms with Crippen LogP contribution in [0, 0.1) is 22.0 Å². The van der Waals surface area contributed by atoms with Crippen LogP contribution in [0.4, 0.5) is 5.82 Å². The fourth-order valence-electron chi connectivity index (χ4n) is 4.87. The number of hydrogen-bond donors (Lipinski definition) is 4. The van der Waals surface area contributed by atoms with Crippen LogP contribution in [0.1, 0.15) is 53.2 Å². The second kappa shape index (κ2) is 13.1. The van der Waals surface area contributed by atoms with Crippen molar-refractivity contribution < 1.29 is 38.8 Å². The first-order valence-electron chi connectivity index (χ1n) is 13.9. The molecule has 17 nitrogen and oxygen atoms in total. The van der Waals surface area contributed by atoms with E-state index in [1.807, 2.05) is 0 Å². The molecule has 1 aliphatic carbocycles. The Labute approximate surface area is 241 Å². The highest BCUT2D eigenvalue weighted by molar-refractivity contribution is 5.83. The third kappa shape index (κ3) is 6.69. The van der Waals surface area contributed by atoms with Gasteiger partial charge in [0, 0.05) is 0 Å². The first-order valence-corrected chi connectivity index (χ1v) is 13.9. The van der Waals surface area contributed by atoms with Crippen LogP contribution in [0.5, 0.6) is 0 Å². The topological polar surface area (TPSA) is 242 Å². The zero-order chi connectivity index (χ0) is 30.7. The molecule has 1 saturated heterocycles. The molecule has 0 amide bonds. The lowest BCUT2D eigenvalue weighted by atomic mass is 10.0. The van der Waals surface area contributed by atoms with Gasteiger partial charge in [-0.25, -0.2) is 15.0 Å². The molecule has 4 rings (SSSR count). The van der Waals surface area contributed by atoms with Crippen molar-refractivity contribution in [3.05, 3.63) is 22.8 Å². The lowest BCUT2D eigenvalue weighted by Crippen LogP contribution is -2.48. The maximum absolute atomic E-state index is 13.1. The summed E-state index contributed by atoms with van der Waals surface area (Å²) in [5.74, 6) is -1.83. The summed E-state index contributed by atoms with van der Waals surface area (Å²) in [5, 5.41) is 23.5. The lowest BCUT2D eigenvalue weighted by Gasteiger charge is -2.27. The molecular weight excluding hydrogens is 556 g/mol. The number of hydrogen-bond acceptors (Lipinski definition) is 15. The standard InChI is InChI=1S/C25H38N8O9/c1-11(2)16(26)24(35)41-19-15(8-39-33(37)38)40-23(20(19)42-25(36)17(27)12(3)4)32-10-30-18-21(28-9-29-22(18)32)31-13-6-5-7-14(13)34/h9-17,19-20,23,34H,5-8,26-27H2,1-4H3,(H,28,29,31)/t13-,14+,15-,16+,17+,19-,20-,23-/m1/s1. The van der Waals surface area contributed by atoms with Gasteiger partial charge in [-0.15, -0.1) is 10.1 Å². The third-order valence-electron chi connectivity index (χ3n) is 7.55. The highest BCUT2D eigenvalue weighted by atomic mass is 17.0. The summed E-state index contributed by atoms with van der Waals surface area (Å²) in [6, 6.07) is -2.28. The summed E-state index contributed by atoms with van der Waals surface area (Å²) < 4.78 is 19.0. The SMILES string of the molecule is CC(C)[C@H](N)C(=O)O[C@@H]1[C@H](OC(=O)[C@@H](N)C(C)C)[C@@H](CO[N+](=O)[O-])O[C@H]1n1cnc2c(N[C@@H]3CCC[C@@H]3O)ncnc21. The molecule has 17 heteroatoms. The summed E-state index contributed by atoms with van der Waals surface area (Å²) in [5.41, 5.74) is 12.6. The van der Waals surface area contributed by atoms with Gasteiger partial charge in [0.05, 0.1) is 18.5 Å². The van der Waals surface area contributed by atoms with E-state index in [9.17, 15) is 24.8 Å². The van der Waals surface area contributed by atoms with Crippen molar-refractivity contribution in [1.29, 1.82) is 0 Å². The Kier molecular flexibility index (Phi) is 9.75. The van der Waals surface area contributed by atoms with Crippen LogP contribution in [0.2, 0.25) is 0 Å². The summed E-state index contributed by atoms with van der Waals surface area (Å²) in [4.78, 5) is 54.6. The van der Waals surface area contributed by atoms with Crippen LogP contribution in [-0.4, -0.2) is 90.8 Å². The van der Waals surface area contributed by atoms with Gasteiger partial charge in [0.2, 0.25) is 0 Å². The van der Waals surface area contributed by atoms with Gasteiger partial charge in [-0.05, 0) is 31.1 Å². The number of anilines is 1. The molecule has 0 spiro atoms. The number of nitrogens with two attached hydrogens (primary N) is 2. The van der Waals surface area contributed by atoms with Crippen molar-refractivity contribution >= 4 is 28.9 Å². The first kappa shape index (κ1) is 31.3. The van der Waals surface area contributed by atoms with Crippen LogP contribution < -0.4 is 16.8 Å². The molecule has 232 valence electrons. The van der Waals surface area contributed by atoms with Crippen molar-refractivity contribution in [2.45, 2.75) is 95.7 Å². The molecule has 42 heavy (non-hydrogen) atoms. The summed E-state index contributed by atoms with van der Waals surface area (Å²) in [7, 11) is 0. The molecule has 2 fully saturated rings. The second-order valence-corrected chi connectivity index (χ2v) is 11.2. The molecule has 0 radical (unpaired) electrons. The second-order valence-electron chi connectivity index (χ2n) is 11.2. The van der Waals surface area contributed by atoms with E-state index in [2.05, 4.69) is 25.1 Å². The molecule has 0 aromatic carbocycles. The predicted octanol–water partition coefficient (Wildman–Crippen LogP) is 0.0475. The van der Waals surface area contributed by atoms with Crippen LogP contribution >= 0.6 is 0 Å². The molecule has 1 saturated carbocycles. The minimum absolute atomic E-state index is 0.222. The van der Waals surface area contributed by atoms with Gasteiger partial charge in [0.15, 0.2) is 35.4 Å². The minimum Gasteiger partial charge on any atom is -0.454 e. The van der Waals surface area contributed by atoms with Gasteiger partial charge in [-0.1, -0.05) is 27.7 Å². The Balaban J connectivity index is 1.73. The number of rotatable bonds is 12. The number of aromatic nitrogens is 4. The average Bonchev–Trinajstić information content (AvgIpc) is 3.64. The first-order chi connectivity index (χ1) is 19.9. The number of carbonyl (C=O) groups is 2. The molecule has 2 aliphatic rings. The Hall–Kier alpha value is -3.67. The van der Waals surface area contributed by atoms with E-state index in [1.165, 1.54) is 17.2 Å². The Bertz CT molecular complexity index is 1270. The van der Waals surface area contributed by atoms with E-state index in [4.69, 9.17) is 25.7 Å². The number of aliphatic hydroxyl groups excluding tert-OH is 1. The fraction of sp³-hybridized carbons (Fsp3) is 0.720. The van der Waals surface area contributed by atoms with E-state index in [0.717, 1.165) is 12.8 Å². The van der Waals surface area contributed by atoms with Crippen molar-refractivity contribution in [1.82, 2.24) is 19.5 Å². The van der Waals surface area contributed by atoms with Crippen molar-refractivity contribution in [2.24, 2.45) is 23.3 Å². The number of imidazole rings is 1. The van der Waals surface area contributed by atoms with E-state index >= 15 is 0 Å². The molecule has 8 atom stereocenters. The molecular formula is C25H38N8O9. The van der Waals surface area contributed by atoms with Crippen molar-refractivity contribution in [3.8, 4) is 0 Å². The Morgan fingerprint density at radius 1 is 1.12 bits per heavy atom. The number of esters is 2. The van der Waals surface area contributed by atoms with Gasteiger partial charge in [-0.2, -0.15) is 0 Å². The van der Waals surface area contributed by atoms with Crippen LogP contribution in [0.25, 0.3) is 11.2 Å². The molecule has 6 N–H and O–H groups in total. The minimum atomic E-state index is -1.36. The fourth-order valence-corrected chi connectivity index (χ4v) is 4.87. The number of nitrogens with one attached hydrogen (secondary N) is 1. The van der Waals surface area contributed by atoms with Gasteiger partial charge in [0.25, 0.3) is 5.09 Å². The quantitative estimate of drug-likeness (QED) is 0.144. The van der Waals surface area contributed by atoms with Gasteiger partial charge in [-0.3, -0.25) is 14.2 Å². The van der Waals surface area contributed by atoms with Gasteiger partial charge in [0.1, 0.15) is 31.1 Å². The van der Waals surface area contributed by atoms with E-state index < -0.39 is 66.4 Å². The maximum atomic E-state index is 13.1. The highest BCUT2D eigenvalue weighted by Gasteiger charge is 2.52. The number of aliphatic hydroxyl groups is 1. The van der Waals surface area contributed by atoms with E-state index in [1.54, 1.807) is 27.7 Å². The molecule has 0 bridgehead atoms. The number of ether oxygens (including phenoxy) is 3. The van der Waals surface area contributed by atoms with Crippen LogP contribution in [-0.2, 0) is 28.6 Å². The summed E-state index contributed by atoms with van der Waals surface area (Å²) >= 11 is 0. The van der Waals surface area contributed by atoms with E-state index in [-0.39, 0.29) is 23.5 Å². The van der Waals surface area contributed by atoms with Crippen LogP contribution in [0.15, 0.2) is 12.7 Å². The summed E-state index contributed by atoms with van der Waals surface area (Å²) in [6.07, 6.45) is -0.773. The number of nitrogens with zero attached hydrogens (tertiary/aromatic N) is 5. The largest absolute Gasteiger partial charge is 0.454 e. The molecule has 2 aromatic heterocycles. The number of carbonyl (C=O) groups excluding carboxylic acids is 2. The average molecular weight is 595 g/mol. The van der Waals surface area contributed by atoms with Crippen LogP contribution in [0.3, 0.4) is 0 Å². The zero-order valence-corrected chi connectivity index (χ0v) is 23.9. The Morgan fingerprint density at radius 2 is 1.76 bits per heavy atom. The summed E-state index contributed by atoms with van der Waals surface area (Å²) in [6.45, 7) is 6.27. The van der Waals surface area contributed by atoms with Crippen molar-refractivity contribution in [2.75, 3.05) is 11.9 Å². The zero-order valence-electron chi connectivity index (χ0n) is 23.9. The molecule has 1 aliphatic heterocycles. The van der Waals surface area contributed by atoms with Crippen molar-refractivity contribution in [3.63, 3.8) is 0 Å². The van der Waals surface area contributed by atoms with Gasteiger partial charge < -0.3 is 40.9 Å². The lowest BCUT2D eigenvalue weighted by molar-refractivity contribution is -0.759. The normalized spacial score (nSPS) is 27.3. The number of fused-ring (bicyclic) bond motifs is 1. The van der Waals surface area contributed by atoms with E-state index in [0.29, 0.717) is 17.8 Å². The predicted molar refractivity (Wildman–Crippen MR) is 145 cm³/mol. The van der Waals surface area contributed by atoms with Gasteiger partial charge >= 0.3 is 11.9 Å². The smallest absolute Gasteiger partial charge is 0.323 e. The third-order valence-corrected chi connectivity index (χ3v) is 7.55. The maximum Gasteiger partial charge on any atom is 0.323 e.